The van der Waals surface area contributed by atoms with Gasteiger partial charge >= 0.3 is 0 Å². The topological polar surface area (TPSA) is 0 Å². The van der Waals surface area contributed by atoms with Crippen LogP contribution in [0.1, 0.15) is 75.7 Å². The first-order chi connectivity index (χ1) is 12.4. The van der Waals surface area contributed by atoms with E-state index in [0.29, 0.717) is 0 Å². The molecule has 0 heteroatoms. The van der Waals surface area contributed by atoms with Crippen molar-refractivity contribution in [3.63, 3.8) is 0 Å². The van der Waals surface area contributed by atoms with E-state index >= 15 is 0 Å². The van der Waals surface area contributed by atoms with E-state index in [4.69, 9.17) is 0 Å². The van der Waals surface area contributed by atoms with E-state index in [9.17, 15) is 0 Å². The molecule has 0 nitrogen and oxygen atoms in total. The molecule has 0 unspecified atom stereocenters. The van der Waals surface area contributed by atoms with Crippen molar-refractivity contribution in [1.29, 1.82) is 0 Å². The normalized spacial score (nSPS) is 20.0. The summed E-state index contributed by atoms with van der Waals surface area (Å²) in [5, 5.41) is 0. The quantitative estimate of drug-likeness (QED) is 0.540. The summed E-state index contributed by atoms with van der Waals surface area (Å²) in [6.07, 6.45) is 14.5. The summed E-state index contributed by atoms with van der Waals surface area (Å²) < 4.78 is 0. The van der Waals surface area contributed by atoms with Crippen molar-refractivity contribution in [2.45, 2.75) is 70.1 Å². The Morgan fingerprint density at radius 2 is 1.08 bits per heavy atom. The maximum Gasteiger partial charge on any atom is -0.00991 e. The molecular weight excluding hydrogens is 300 g/mol. The molecule has 0 radical (unpaired) electrons. The molecule has 25 heavy (non-hydrogen) atoms. The zero-order valence-electron chi connectivity index (χ0n) is 15.5. The largest absolute Gasteiger partial charge is 0.0622 e. The van der Waals surface area contributed by atoms with E-state index < -0.39 is 0 Å². The van der Waals surface area contributed by atoms with Gasteiger partial charge in [-0.15, -0.1) is 0 Å². The highest BCUT2D eigenvalue weighted by molar-refractivity contribution is 5.68. The van der Waals surface area contributed by atoms with E-state index in [1.807, 2.05) is 0 Å². The molecule has 0 amide bonds. The maximum atomic E-state index is 2.45. The van der Waals surface area contributed by atoms with E-state index in [2.05, 4.69) is 54.6 Å². The second-order valence-corrected chi connectivity index (χ2v) is 8.28. The molecule has 2 aromatic rings. The second kappa shape index (κ2) is 8.21. The van der Waals surface area contributed by atoms with Crippen molar-refractivity contribution in [2.75, 3.05) is 0 Å². The zero-order valence-corrected chi connectivity index (χ0v) is 15.5. The summed E-state index contributed by atoms with van der Waals surface area (Å²) in [6.45, 7) is 0. The van der Waals surface area contributed by atoms with Gasteiger partial charge in [0.1, 0.15) is 0 Å². The molecule has 0 N–H and O–H groups in total. The van der Waals surface area contributed by atoms with Gasteiger partial charge in [0.05, 0.1) is 0 Å². The van der Waals surface area contributed by atoms with Crippen LogP contribution in [0.25, 0.3) is 11.1 Å². The molecule has 0 aromatic heterocycles. The monoisotopic (exact) mass is 332 g/mol. The van der Waals surface area contributed by atoms with Gasteiger partial charge in [-0.2, -0.15) is 0 Å². The van der Waals surface area contributed by atoms with Crippen LogP contribution in [0.2, 0.25) is 0 Å². The van der Waals surface area contributed by atoms with Crippen molar-refractivity contribution in [3.8, 4) is 11.1 Å². The lowest BCUT2D eigenvalue weighted by Crippen LogP contribution is -2.26. The van der Waals surface area contributed by atoms with Crippen LogP contribution in [0.15, 0.2) is 54.6 Å². The molecule has 0 saturated heterocycles. The predicted molar refractivity (Wildman–Crippen MR) is 108 cm³/mol. The van der Waals surface area contributed by atoms with Crippen LogP contribution in [-0.4, -0.2) is 0 Å². The molecular formula is C25H32. The van der Waals surface area contributed by atoms with Crippen LogP contribution < -0.4 is 0 Å². The summed E-state index contributed by atoms with van der Waals surface area (Å²) in [7, 11) is 0. The van der Waals surface area contributed by atoms with Crippen LogP contribution in [0.4, 0.5) is 0 Å². The first-order valence-corrected chi connectivity index (χ1v) is 10.6. The van der Waals surface area contributed by atoms with Crippen molar-refractivity contribution >= 4 is 0 Å². The van der Waals surface area contributed by atoms with Crippen molar-refractivity contribution in [3.05, 3.63) is 60.2 Å². The minimum Gasteiger partial charge on any atom is -0.0622 e. The van der Waals surface area contributed by atoms with Gasteiger partial charge in [-0.05, 0) is 60.1 Å². The molecule has 2 aliphatic carbocycles. The highest BCUT2D eigenvalue weighted by Gasteiger charge is 2.33. The standard InChI is InChI=1S/C25H32/c1-4-12-20(13-5-1)23-18-10-11-19-24(23)25(21-14-6-2-7-15-21)22-16-8-3-9-17-22/h1,4-5,10-13,18-19,21-22,25H,2-3,6-9,14-17H2. The summed E-state index contributed by atoms with van der Waals surface area (Å²) in [5.74, 6) is 2.58. The van der Waals surface area contributed by atoms with Gasteiger partial charge < -0.3 is 0 Å². The average molecular weight is 333 g/mol. The van der Waals surface area contributed by atoms with E-state index in [1.165, 1.54) is 75.3 Å². The van der Waals surface area contributed by atoms with Crippen LogP contribution in [-0.2, 0) is 0 Å². The fraction of sp³-hybridized carbons (Fsp3) is 0.520. The maximum absolute atomic E-state index is 2.45. The van der Waals surface area contributed by atoms with Gasteiger partial charge in [-0.1, -0.05) is 93.1 Å². The zero-order chi connectivity index (χ0) is 16.9. The van der Waals surface area contributed by atoms with Crippen LogP contribution in [0.3, 0.4) is 0 Å². The lowest BCUT2D eigenvalue weighted by molar-refractivity contribution is 0.203. The Balaban J connectivity index is 1.74. The van der Waals surface area contributed by atoms with Crippen LogP contribution in [0, 0.1) is 11.8 Å². The highest BCUT2D eigenvalue weighted by Crippen LogP contribution is 2.47. The third-order valence-electron chi connectivity index (χ3n) is 6.72. The summed E-state index contributed by atoms with van der Waals surface area (Å²) in [6, 6.07) is 20.4. The fourth-order valence-electron chi connectivity index (χ4n) is 5.55. The summed E-state index contributed by atoms with van der Waals surface area (Å²) in [5.41, 5.74) is 4.53. The lowest BCUT2D eigenvalue weighted by Gasteiger charge is -2.39. The molecule has 0 heterocycles. The number of benzene rings is 2. The Labute approximate surface area is 153 Å². The van der Waals surface area contributed by atoms with Crippen molar-refractivity contribution < 1.29 is 0 Å². The SMILES string of the molecule is c1ccc(-c2ccccc2C(C2CCCCC2)C2CCCCC2)cc1. The Bertz CT molecular complexity index is 627. The molecule has 2 fully saturated rings. The highest BCUT2D eigenvalue weighted by atomic mass is 14.4. The first kappa shape index (κ1) is 16.9. The van der Waals surface area contributed by atoms with E-state index in [0.717, 1.165) is 17.8 Å². The minimum absolute atomic E-state index is 0.775. The first-order valence-electron chi connectivity index (χ1n) is 10.6. The second-order valence-electron chi connectivity index (χ2n) is 8.28. The molecule has 0 atom stereocenters. The summed E-state index contributed by atoms with van der Waals surface area (Å²) in [4.78, 5) is 0. The molecule has 0 spiro atoms. The van der Waals surface area contributed by atoms with E-state index in [-0.39, 0.29) is 0 Å². The van der Waals surface area contributed by atoms with E-state index in [1.54, 1.807) is 5.56 Å². The molecule has 0 aliphatic heterocycles. The van der Waals surface area contributed by atoms with Crippen molar-refractivity contribution in [1.82, 2.24) is 0 Å². The third kappa shape index (κ3) is 3.84. The Morgan fingerprint density at radius 3 is 1.68 bits per heavy atom. The Morgan fingerprint density at radius 1 is 0.560 bits per heavy atom. The van der Waals surface area contributed by atoms with Crippen molar-refractivity contribution in [2.24, 2.45) is 11.8 Å². The third-order valence-corrected chi connectivity index (χ3v) is 6.72. The summed E-state index contributed by atoms with van der Waals surface area (Å²) >= 11 is 0. The van der Waals surface area contributed by atoms with Gasteiger partial charge in [-0.3, -0.25) is 0 Å². The van der Waals surface area contributed by atoms with Gasteiger partial charge in [-0.25, -0.2) is 0 Å². The smallest absolute Gasteiger partial charge is 0.00991 e. The minimum atomic E-state index is 0.775. The lowest BCUT2D eigenvalue weighted by atomic mass is 9.66. The van der Waals surface area contributed by atoms with Crippen LogP contribution >= 0.6 is 0 Å². The van der Waals surface area contributed by atoms with Gasteiger partial charge in [0, 0.05) is 0 Å². The molecule has 4 rings (SSSR count). The molecule has 0 bridgehead atoms. The Kier molecular flexibility index (Phi) is 5.55. The van der Waals surface area contributed by atoms with Crippen LogP contribution in [0.5, 0.6) is 0 Å². The van der Waals surface area contributed by atoms with Gasteiger partial charge in [0.2, 0.25) is 0 Å². The number of rotatable bonds is 4. The van der Waals surface area contributed by atoms with Gasteiger partial charge in [0.25, 0.3) is 0 Å². The predicted octanol–water partition coefficient (Wildman–Crippen LogP) is 7.60. The molecule has 2 aromatic carbocycles. The molecule has 132 valence electrons. The average Bonchev–Trinajstić information content (AvgIpc) is 2.71. The number of hydrogen-bond acceptors (Lipinski definition) is 0. The Hall–Kier alpha value is -1.56. The fourth-order valence-corrected chi connectivity index (χ4v) is 5.55. The van der Waals surface area contributed by atoms with Gasteiger partial charge in [0.15, 0.2) is 0 Å². The molecule has 2 saturated carbocycles. The number of hydrogen-bond donors (Lipinski definition) is 0. The molecule has 2 aliphatic rings.